The number of rotatable bonds is 4. The second-order valence-corrected chi connectivity index (χ2v) is 5.27. The molecule has 0 amide bonds. The van der Waals surface area contributed by atoms with Gasteiger partial charge in [0.1, 0.15) is 5.75 Å². The molecule has 0 unspecified atom stereocenters. The van der Waals surface area contributed by atoms with Gasteiger partial charge < -0.3 is 9.84 Å². The zero-order valence-corrected chi connectivity index (χ0v) is 11.0. The van der Waals surface area contributed by atoms with Crippen molar-refractivity contribution < 1.29 is 14.6 Å². The molecule has 1 saturated carbocycles. The maximum Gasteiger partial charge on any atom is 0.309 e. The third-order valence-electron chi connectivity index (χ3n) is 4.02. The first-order chi connectivity index (χ1) is 8.57. The van der Waals surface area contributed by atoms with Gasteiger partial charge in [-0.25, -0.2) is 0 Å². The first-order valence-electron chi connectivity index (χ1n) is 6.44. The Balaban J connectivity index is 2.22. The summed E-state index contributed by atoms with van der Waals surface area (Å²) in [7, 11) is 1.65. The van der Waals surface area contributed by atoms with Crippen LogP contribution in [0.3, 0.4) is 0 Å². The van der Waals surface area contributed by atoms with E-state index in [9.17, 15) is 9.90 Å². The lowest BCUT2D eigenvalue weighted by atomic mass is 9.80. The number of hydrogen-bond donors (Lipinski definition) is 1. The van der Waals surface area contributed by atoms with Crippen LogP contribution in [0.25, 0.3) is 0 Å². The Morgan fingerprint density at radius 1 is 1.39 bits per heavy atom. The lowest BCUT2D eigenvalue weighted by Crippen LogP contribution is -2.30. The van der Waals surface area contributed by atoms with E-state index in [4.69, 9.17) is 4.74 Å². The van der Waals surface area contributed by atoms with Crippen LogP contribution in [0, 0.1) is 12.3 Å². The number of methoxy groups -OCH3 is 1. The molecule has 0 atom stereocenters. The number of carboxylic acids is 1. The normalized spacial score (nSPS) is 17.7. The number of ether oxygens (including phenoxy) is 1. The molecule has 1 aliphatic rings. The lowest BCUT2D eigenvalue weighted by molar-refractivity contribution is -0.148. The second-order valence-electron chi connectivity index (χ2n) is 5.27. The van der Waals surface area contributed by atoms with Crippen molar-refractivity contribution in [2.45, 2.75) is 39.0 Å². The quantitative estimate of drug-likeness (QED) is 0.890. The summed E-state index contributed by atoms with van der Waals surface area (Å²) in [6.45, 7) is 1.99. The summed E-state index contributed by atoms with van der Waals surface area (Å²) < 4.78 is 5.23. The van der Waals surface area contributed by atoms with Crippen molar-refractivity contribution >= 4 is 5.97 Å². The maximum absolute atomic E-state index is 11.5. The highest BCUT2D eigenvalue weighted by Gasteiger charge is 2.41. The van der Waals surface area contributed by atoms with E-state index in [0.717, 1.165) is 42.6 Å². The molecule has 1 aromatic carbocycles. The number of benzene rings is 1. The SMILES string of the molecule is COc1ccc(CC2(C(=O)O)CCCC2)cc1C. The van der Waals surface area contributed by atoms with Crippen molar-refractivity contribution in [3.8, 4) is 5.75 Å². The summed E-state index contributed by atoms with van der Waals surface area (Å²) >= 11 is 0. The molecule has 1 aliphatic carbocycles. The maximum atomic E-state index is 11.5. The van der Waals surface area contributed by atoms with E-state index in [0.29, 0.717) is 6.42 Å². The molecular weight excluding hydrogens is 228 g/mol. The minimum atomic E-state index is -0.645. The molecule has 0 bridgehead atoms. The molecule has 0 heterocycles. The van der Waals surface area contributed by atoms with Gasteiger partial charge in [0, 0.05) is 0 Å². The Hall–Kier alpha value is -1.51. The fraction of sp³-hybridized carbons (Fsp3) is 0.533. The van der Waals surface area contributed by atoms with Crippen molar-refractivity contribution in [2.75, 3.05) is 7.11 Å². The van der Waals surface area contributed by atoms with Crippen LogP contribution in [0.5, 0.6) is 5.75 Å². The van der Waals surface area contributed by atoms with Crippen molar-refractivity contribution in [2.24, 2.45) is 5.41 Å². The van der Waals surface area contributed by atoms with Crippen LogP contribution in [0.15, 0.2) is 18.2 Å². The zero-order valence-electron chi connectivity index (χ0n) is 11.0. The van der Waals surface area contributed by atoms with Gasteiger partial charge in [-0.05, 0) is 43.4 Å². The monoisotopic (exact) mass is 248 g/mol. The summed E-state index contributed by atoms with van der Waals surface area (Å²) in [5, 5.41) is 9.47. The van der Waals surface area contributed by atoms with Gasteiger partial charge in [-0.1, -0.05) is 25.0 Å². The predicted octanol–water partition coefficient (Wildman–Crippen LogP) is 3.19. The number of hydrogen-bond acceptors (Lipinski definition) is 2. The number of aryl methyl sites for hydroxylation is 1. The van der Waals surface area contributed by atoms with Crippen LogP contribution < -0.4 is 4.74 Å². The average molecular weight is 248 g/mol. The van der Waals surface area contributed by atoms with E-state index >= 15 is 0 Å². The van der Waals surface area contributed by atoms with Crippen LogP contribution >= 0.6 is 0 Å². The molecule has 1 fully saturated rings. The van der Waals surface area contributed by atoms with Crippen LogP contribution in [0.2, 0.25) is 0 Å². The largest absolute Gasteiger partial charge is 0.496 e. The lowest BCUT2D eigenvalue weighted by Gasteiger charge is -2.24. The summed E-state index contributed by atoms with van der Waals surface area (Å²) in [6.07, 6.45) is 4.29. The van der Waals surface area contributed by atoms with E-state index in [-0.39, 0.29) is 0 Å². The summed E-state index contributed by atoms with van der Waals surface area (Å²) in [5.41, 5.74) is 1.62. The van der Waals surface area contributed by atoms with Gasteiger partial charge in [0.25, 0.3) is 0 Å². The van der Waals surface area contributed by atoms with Gasteiger partial charge in [-0.15, -0.1) is 0 Å². The molecule has 0 saturated heterocycles. The highest BCUT2D eigenvalue weighted by atomic mass is 16.5. The fourth-order valence-electron chi connectivity index (χ4n) is 2.96. The first kappa shape index (κ1) is 12.9. The Labute approximate surface area is 108 Å². The first-order valence-corrected chi connectivity index (χ1v) is 6.44. The molecule has 18 heavy (non-hydrogen) atoms. The zero-order chi connectivity index (χ0) is 13.2. The highest BCUT2D eigenvalue weighted by Crippen LogP contribution is 2.41. The molecular formula is C15H20O3. The molecule has 3 heteroatoms. The van der Waals surface area contributed by atoms with E-state index in [1.807, 2.05) is 25.1 Å². The highest BCUT2D eigenvalue weighted by molar-refractivity contribution is 5.75. The van der Waals surface area contributed by atoms with Gasteiger partial charge in [0.15, 0.2) is 0 Å². The van der Waals surface area contributed by atoms with Crippen molar-refractivity contribution in [3.63, 3.8) is 0 Å². The fourth-order valence-corrected chi connectivity index (χ4v) is 2.96. The Bertz CT molecular complexity index is 445. The van der Waals surface area contributed by atoms with Crippen LogP contribution in [0.4, 0.5) is 0 Å². The molecule has 0 spiro atoms. The molecule has 0 aliphatic heterocycles. The number of aliphatic carboxylic acids is 1. The molecule has 98 valence electrons. The third kappa shape index (κ3) is 2.35. The topological polar surface area (TPSA) is 46.5 Å². The van der Waals surface area contributed by atoms with Gasteiger partial charge in [0.05, 0.1) is 12.5 Å². The van der Waals surface area contributed by atoms with Gasteiger partial charge >= 0.3 is 5.97 Å². The Morgan fingerprint density at radius 2 is 2.06 bits per heavy atom. The minimum Gasteiger partial charge on any atom is -0.496 e. The minimum absolute atomic E-state index is 0.541. The van der Waals surface area contributed by atoms with Gasteiger partial charge in [-0.2, -0.15) is 0 Å². The molecule has 1 N–H and O–H groups in total. The summed E-state index contributed by atoms with van der Waals surface area (Å²) in [4.78, 5) is 11.5. The molecule has 2 rings (SSSR count). The van der Waals surface area contributed by atoms with E-state index in [1.165, 1.54) is 0 Å². The van der Waals surface area contributed by atoms with Crippen LogP contribution in [-0.2, 0) is 11.2 Å². The predicted molar refractivity (Wildman–Crippen MR) is 70.0 cm³/mol. The second kappa shape index (κ2) is 5.01. The number of carboxylic acid groups (broad SMARTS) is 1. The standard InChI is InChI=1S/C15H20O3/c1-11-9-12(5-6-13(11)18-2)10-15(14(16)17)7-3-4-8-15/h5-6,9H,3-4,7-8,10H2,1-2H3,(H,16,17). The van der Waals surface area contributed by atoms with Crippen molar-refractivity contribution in [1.29, 1.82) is 0 Å². The Kier molecular flexibility index (Phi) is 3.60. The van der Waals surface area contributed by atoms with Crippen LogP contribution in [0.1, 0.15) is 36.8 Å². The molecule has 0 aromatic heterocycles. The third-order valence-corrected chi connectivity index (χ3v) is 4.02. The average Bonchev–Trinajstić information content (AvgIpc) is 2.79. The van der Waals surface area contributed by atoms with Crippen molar-refractivity contribution in [1.82, 2.24) is 0 Å². The van der Waals surface area contributed by atoms with Gasteiger partial charge in [0.2, 0.25) is 0 Å². The smallest absolute Gasteiger partial charge is 0.309 e. The molecule has 1 aromatic rings. The summed E-state index contributed by atoms with van der Waals surface area (Å²) in [5.74, 6) is 0.211. The molecule has 0 radical (unpaired) electrons. The van der Waals surface area contributed by atoms with Gasteiger partial charge in [-0.3, -0.25) is 4.79 Å². The van der Waals surface area contributed by atoms with E-state index < -0.39 is 11.4 Å². The Morgan fingerprint density at radius 3 is 2.56 bits per heavy atom. The van der Waals surface area contributed by atoms with Crippen LogP contribution in [-0.4, -0.2) is 18.2 Å². The number of carbonyl (C=O) groups is 1. The van der Waals surface area contributed by atoms with E-state index in [2.05, 4.69) is 0 Å². The summed E-state index contributed by atoms with van der Waals surface area (Å²) in [6, 6.07) is 5.95. The molecule has 3 nitrogen and oxygen atoms in total. The van der Waals surface area contributed by atoms with Crippen molar-refractivity contribution in [3.05, 3.63) is 29.3 Å². The van der Waals surface area contributed by atoms with E-state index in [1.54, 1.807) is 7.11 Å².